The van der Waals surface area contributed by atoms with Crippen molar-refractivity contribution >= 4 is 33.8 Å². The second-order valence-corrected chi connectivity index (χ2v) is 6.99. The van der Waals surface area contributed by atoms with Gasteiger partial charge in [-0.05, 0) is 42.5 Å². The number of thiazole rings is 1. The predicted molar refractivity (Wildman–Crippen MR) is 116 cm³/mol. The van der Waals surface area contributed by atoms with E-state index in [2.05, 4.69) is 20.6 Å². The number of benzene rings is 2. The van der Waals surface area contributed by atoms with Crippen LogP contribution in [0.4, 0.5) is 16.5 Å². The van der Waals surface area contributed by atoms with Crippen LogP contribution in [0.5, 0.6) is 5.75 Å². The molecule has 2 aromatic heterocycles. The molecule has 0 aliphatic heterocycles. The van der Waals surface area contributed by atoms with Gasteiger partial charge in [-0.25, -0.2) is 4.98 Å². The van der Waals surface area contributed by atoms with Crippen molar-refractivity contribution in [2.75, 3.05) is 17.2 Å². The van der Waals surface area contributed by atoms with E-state index < -0.39 is 0 Å². The molecule has 2 aromatic carbocycles. The van der Waals surface area contributed by atoms with Gasteiger partial charge in [-0.15, -0.1) is 11.3 Å². The molecule has 0 aliphatic carbocycles. The van der Waals surface area contributed by atoms with Gasteiger partial charge in [-0.1, -0.05) is 24.3 Å². The van der Waals surface area contributed by atoms with Crippen LogP contribution in [0.2, 0.25) is 0 Å². The number of anilines is 3. The smallest absolute Gasteiger partial charge is 0.262 e. The first-order valence-corrected chi connectivity index (χ1v) is 9.85. The van der Waals surface area contributed by atoms with E-state index in [-0.39, 0.29) is 12.5 Å². The highest BCUT2D eigenvalue weighted by molar-refractivity contribution is 7.14. The highest BCUT2D eigenvalue weighted by atomic mass is 32.1. The first-order valence-electron chi connectivity index (χ1n) is 8.97. The summed E-state index contributed by atoms with van der Waals surface area (Å²) in [7, 11) is 0. The molecule has 0 spiro atoms. The molecule has 2 N–H and O–H groups in total. The van der Waals surface area contributed by atoms with Crippen LogP contribution in [-0.4, -0.2) is 22.5 Å². The zero-order chi connectivity index (χ0) is 19.9. The number of carbonyl (C=O) groups is 1. The van der Waals surface area contributed by atoms with Crippen molar-refractivity contribution in [3.05, 3.63) is 84.5 Å². The Kier molecular flexibility index (Phi) is 5.78. The average molecular weight is 402 g/mol. The van der Waals surface area contributed by atoms with E-state index in [4.69, 9.17) is 4.74 Å². The molecule has 0 radical (unpaired) electrons. The van der Waals surface area contributed by atoms with E-state index in [9.17, 15) is 4.79 Å². The van der Waals surface area contributed by atoms with Crippen LogP contribution in [0.1, 0.15) is 0 Å². The van der Waals surface area contributed by atoms with Gasteiger partial charge in [-0.2, -0.15) is 0 Å². The Hall–Kier alpha value is -3.71. The molecule has 0 unspecified atom stereocenters. The largest absolute Gasteiger partial charge is 0.484 e. The van der Waals surface area contributed by atoms with Crippen molar-refractivity contribution < 1.29 is 9.53 Å². The number of hydrogen-bond donors (Lipinski definition) is 2. The zero-order valence-corrected chi connectivity index (χ0v) is 16.2. The highest BCUT2D eigenvalue weighted by Gasteiger charge is 2.07. The lowest BCUT2D eigenvalue weighted by atomic mass is 10.2. The van der Waals surface area contributed by atoms with Gasteiger partial charge in [0.05, 0.1) is 5.69 Å². The molecule has 0 saturated heterocycles. The summed E-state index contributed by atoms with van der Waals surface area (Å²) in [6.45, 7) is -0.0521. The summed E-state index contributed by atoms with van der Waals surface area (Å²) in [6.07, 6.45) is 3.49. The molecular weight excluding hydrogens is 384 g/mol. The molecule has 0 aliphatic rings. The van der Waals surface area contributed by atoms with Gasteiger partial charge >= 0.3 is 0 Å². The summed E-state index contributed by atoms with van der Waals surface area (Å²) in [4.78, 5) is 20.8. The minimum Gasteiger partial charge on any atom is -0.484 e. The number of para-hydroxylation sites is 1. The number of nitrogens with zero attached hydrogens (tertiary/aromatic N) is 2. The van der Waals surface area contributed by atoms with E-state index in [1.807, 2.05) is 72.1 Å². The fraction of sp³-hybridized carbons (Fsp3) is 0.0455. The Morgan fingerprint density at radius 2 is 1.76 bits per heavy atom. The number of ether oxygens (including phenoxy) is 1. The third-order valence-electron chi connectivity index (χ3n) is 3.99. The fourth-order valence-corrected chi connectivity index (χ4v) is 3.39. The minimum atomic E-state index is -0.222. The van der Waals surface area contributed by atoms with E-state index >= 15 is 0 Å². The molecule has 0 saturated carbocycles. The maximum absolute atomic E-state index is 12.1. The molecule has 0 bridgehead atoms. The number of carbonyl (C=O) groups excluding carboxylic acids is 1. The van der Waals surface area contributed by atoms with Gasteiger partial charge in [0, 0.05) is 34.7 Å². The molecule has 2 heterocycles. The molecular formula is C22H18N4O2S. The lowest BCUT2D eigenvalue weighted by Gasteiger charge is -2.09. The van der Waals surface area contributed by atoms with Crippen LogP contribution >= 0.6 is 11.3 Å². The molecule has 144 valence electrons. The molecule has 29 heavy (non-hydrogen) atoms. The Balaban J connectivity index is 1.36. The Morgan fingerprint density at radius 3 is 2.59 bits per heavy atom. The Labute approximate surface area is 172 Å². The third kappa shape index (κ3) is 5.18. The van der Waals surface area contributed by atoms with E-state index in [1.54, 1.807) is 12.4 Å². The van der Waals surface area contributed by atoms with Crippen molar-refractivity contribution in [3.8, 4) is 17.0 Å². The average Bonchev–Trinajstić information content (AvgIpc) is 3.22. The standard InChI is InChI=1S/C22H18N4O2S/c27-21(14-28-19-7-2-1-3-8-19)24-17-5-4-6-18(13-17)25-22-26-20(15-29-22)16-9-11-23-12-10-16/h1-13,15H,14H2,(H,24,27)(H,25,26). The van der Waals surface area contributed by atoms with Gasteiger partial charge in [0.25, 0.3) is 5.91 Å². The zero-order valence-electron chi connectivity index (χ0n) is 15.4. The van der Waals surface area contributed by atoms with Crippen molar-refractivity contribution in [1.29, 1.82) is 0 Å². The van der Waals surface area contributed by atoms with Crippen molar-refractivity contribution in [2.24, 2.45) is 0 Å². The summed E-state index contributed by atoms with van der Waals surface area (Å²) in [5, 5.41) is 8.88. The number of nitrogens with one attached hydrogen (secondary N) is 2. The number of pyridine rings is 1. The quantitative estimate of drug-likeness (QED) is 0.457. The molecule has 0 atom stereocenters. The van der Waals surface area contributed by atoms with Gasteiger partial charge < -0.3 is 15.4 Å². The van der Waals surface area contributed by atoms with Gasteiger partial charge in [-0.3, -0.25) is 9.78 Å². The lowest BCUT2D eigenvalue weighted by molar-refractivity contribution is -0.118. The maximum Gasteiger partial charge on any atom is 0.262 e. The van der Waals surface area contributed by atoms with Gasteiger partial charge in [0.2, 0.25) is 0 Å². The number of amides is 1. The number of hydrogen-bond acceptors (Lipinski definition) is 6. The molecule has 4 aromatic rings. The first kappa shape index (κ1) is 18.6. The molecule has 1 amide bonds. The number of aromatic nitrogens is 2. The summed E-state index contributed by atoms with van der Waals surface area (Å²) < 4.78 is 5.47. The second kappa shape index (κ2) is 8.99. The predicted octanol–water partition coefficient (Wildman–Crippen LogP) is 4.97. The van der Waals surface area contributed by atoms with Crippen molar-refractivity contribution in [1.82, 2.24) is 9.97 Å². The third-order valence-corrected chi connectivity index (χ3v) is 4.75. The number of rotatable bonds is 7. The van der Waals surface area contributed by atoms with E-state index in [0.717, 1.165) is 22.1 Å². The van der Waals surface area contributed by atoms with Crippen LogP contribution in [0, 0.1) is 0 Å². The van der Waals surface area contributed by atoms with Crippen molar-refractivity contribution in [3.63, 3.8) is 0 Å². The van der Waals surface area contributed by atoms with Crippen LogP contribution < -0.4 is 15.4 Å². The van der Waals surface area contributed by atoms with Gasteiger partial charge in [0.15, 0.2) is 11.7 Å². The first-order chi connectivity index (χ1) is 14.3. The van der Waals surface area contributed by atoms with Crippen LogP contribution in [0.25, 0.3) is 11.3 Å². The topological polar surface area (TPSA) is 76.1 Å². The minimum absolute atomic E-state index is 0.0521. The molecule has 0 fully saturated rings. The van der Waals surface area contributed by atoms with Crippen molar-refractivity contribution in [2.45, 2.75) is 0 Å². The Bertz CT molecular complexity index is 1080. The lowest BCUT2D eigenvalue weighted by Crippen LogP contribution is -2.20. The van der Waals surface area contributed by atoms with Gasteiger partial charge in [0.1, 0.15) is 5.75 Å². The normalized spacial score (nSPS) is 10.3. The summed E-state index contributed by atoms with van der Waals surface area (Å²) in [5.41, 5.74) is 3.43. The van der Waals surface area contributed by atoms with Crippen LogP contribution in [-0.2, 0) is 4.79 Å². The second-order valence-electron chi connectivity index (χ2n) is 6.13. The summed E-state index contributed by atoms with van der Waals surface area (Å²) in [6, 6.07) is 20.6. The van der Waals surface area contributed by atoms with E-state index in [1.165, 1.54) is 11.3 Å². The van der Waals surface area contributed by atoms with Crippen LogP contribution in [0.15, 0.2) is 84.5 Å². The maximum atomic E-state index is 12.1. The monoisotopic (exact) mass is 402 g/mol. The summed E-state index contributed by atoms with van der Waals surface area (Å²) in [5.74, 6) is 0.437. The highest BCUT2D eigenvalue weighted by Crippen LogP contribution is 2.27. The fourth-order valence-electron chi connectivity index (χ4n) is 2.65. The van der Waals surface area contributed by atoms with E-state index in [0.29, 0.717) is 11.4 Å². The summed E-state index contributed by atoms with van der Waals surface area (Å²) >= 11 is 1.51. The molecule has 6 nitrogen and oxygen atoms in total. The molecule has 4 rings (SSSR count). The Morgan fingerprint density at radius 1 is 0.966 bits per heavy atom. The molecule has 7 heteroatoms. The van der Waals surface area contributed by atoms with Crippen LogP contribution in [0.3, 0.4) is 0 Å². The SMILES string of the molecule is O=C(COc1ccccc1)Nc1cccc(Nc2nc(-c3ccncc3)cs2)c1.